The zero-order chi connectivity index (χ0) is 8.41. The highest BCUT2D eigenvalue weighted by Gasteiger charge is 1.97. The smallest absolute Gasteiger partial charge is 0.00734 e. The molecule has 64 valence electrons. The van der Waals surface area contributed by atoms with Crippen molar-refractivity contribution in [3.63, 3.8) is 0 Å². The van der Waals surface area contributed by atoms with Crippen LogP contribution in [0.4, 0.5) is 0 Å². The number of nitrogens with two attached hydrogens (primary N) is 1. The predicted octanol–water partition coefficient (Wildman–Crippen LogP) is 1.36. The first kappa shape index (κ1) is 12.6. The first-order valence-corrected chi connectivity index (χ1v) is 4.22. The highest BCUT2D eigenvalue weighted by molar-refractivity contribution is 4.60. The minimum absolute atomic E-state index is 0.625. The third-order valence-electron chi connectivity index (χ3n) is 1.42. The minimum Gasteiger partial charge on any atom is -0.330 e. The van der Waals surface area contributed by atoms with Crippen molar-refractivity contribution < 1.29 is 0 Å². The third-order valence-corrected chi connectivity index (χ3v) is 1.42. The number of nitrogens with one attached hydrogen (secondary N) is 1. The standard InChI is InChI=1S/C6H16N2.C2H6/c1-3-6(8-2)4-5-7;1-2/h6,8H,3-5,7H2,1-2H3;1-2H3. The predicted molar refractivity (Wildman–Crippen MR) is 48.2 cm³/mol. The second-order valence-corrected chi connectivity index (χ2v) is 1.97. The highest BCUT2D eigenvalue weighted by atomic mass is 14.9. The second-order valence-electron chi connectivity index (χ2n) is 1.97. The van der Waals surface area contributed by atoms with Crippen LogP contribution in [-0.2, 0) is 0 Å². The zero-order valence-corrected chi connectivity index (χ0v) is 7.78. The fourth-order valence-electron chi connectivity index (χ4n) is 0.754. The first-order valence-electron chi connectivity index (χ1n) is 4.22. The van der Waals surface area contributed by atoms with Crippen molar-refractivity contribution >= 4 is 0 Å². The molecule has 0 aromatic heterocycles. The third kappa shape index (κ3) is 7.92. The molecule has 0 aliphatic rings. The fourth-order valence-corrected chi connectivity index (χ4v) is 0.754. The molecule has 1 atom stereocenters. The van der Waals surface area contributed by atoms with Gasteiger partial charge in [0.2, 0.25) is 0 Å². The maximum atomic E-state index is 5.34. The van der Waals surface area contributed by atoms with Crippen molar-refractivity contribution in [1.82, 2.24) is 5.32 Å². The van der Waals surface area contributed by atoms with Gasteiger partial charge in [0.05, 0.1) is 0 Å². The summed E-state index contributed by atoms with van der Waals surface area (Å²) in [6.07, 6.45) is 2.26. The monoisotopic (exact) mass is 146 g/mol. The summed E-state index contributed by atoms with van der Waals surface area (Å²) >= 11 is 0. The van der Waals surface area contributed by atoms with Crippen LogP contribution < -0.4 is 11.1 Å². The lowest BCUT2D eigenvalue weighted by molar-refractivity contribution is 0.515. The average molecular weight is 146 g/mol. The van der Waals surface area contributed by atoms with E-state index in [1.807, 2.05) is 20.9 Å². The molecule has 0 fully saturated rings. The second kappa shape index (κ2) is 11.7. The number of rotatable bonds is 4. The van der Waals surface area contributed by atoms with Crippen molar-refractivity contribution in [2.24, 2.45) is 5.73 Å². The summed E-state index contributed by atoms with van der Waals surface area (Å²) in [5.41, 5.74) is 5.34. The van der Waals surface area contributed by atoms with Gasteiger partial charge in [-0.3, -0.25) is 0 Å². The molecule has 0 saturated carbocycles. The average Bonchev–Trinajstić information content (AvgIpc) is 2.04. The van der Waals surface area contributed by atoms with Crippen LogP contribution in [-0.4, -0.2) is 19.6 Å². The molecule has 0 aromatic rings. The molecular weight excluding hydrogens is 124 g/mol. The first-order chi connectivity index (χ1) is 4.85. The topological polar surface area (TPSA) is 38.0 Å². The Hall–Kier alpha value is -0.0800. The van der Waals surface area contributed by atoms with E-state index in [0.29, 0.717) is 6.04 Å². The van der Waals surface area contributed by atoms with E-state index in [1.54, 1.807) is 0 Å². The SMILES string of the molecule is CC.CCC(CCN)NC. The molecule has 0 radical (unpaired) electrons. The molecule has 2 heteroatoms. The summed E-state index contributed by atoms with van der Waals surface area (Å²) in [6.45, 7) is 6.95. The summed E-state index contributed by atoms with van der Waals surface area (Å²) in [4.78, 5) is 0. The maximum absolute atomic E-state index is 5.34. The van der Waals surface area contributed by atoms with E-state index in [1.165, 1.54) is 6.42 Å². The van der Waals surface area contributed by atoms with E-state index in [0.717, 1.165) is 13.0 Å². The van der Waals surface area contributed by atoms with Crippen LogP contribution in [0.1, 0.15) is 33.6 Å². The molecule has 0 heterocycles. The van der Waals surface area contributed by atoms with Crippen LogP contribution in [0.15, 0.2) is 0 Å². The summed E-state index contributed by atoms with van der Waals surface area (Å²) in [5.74, 6) is 0. The van der Waals surface area contributed by atoms with Crippen molar-refractivity contribution in [2.75, 3.05) is 13.6 Å². The summed E-state index contributed by atoms with van der Waals surface area (Å²) in [6, 6.07) is 0.625. The minimum atomic E-state index is 0.625. The van der Waals surface area contributed by atoms with Crippen molar-refractivity contribution in [3.05, 3.63) is 0 Å². The molecule has 0 aliphatic heterocycles. The Morgan fingerprint density at radius 3 is 2.00 bits per heavy atom. The van der Waals surface area contributed by atoms with Gasteiger partial charge >= 0.3 is 0 Å². The van der Waals surface area contributed by atoms with Gasteiger partial charge in [-0.2, -0.15) is 0 Å². The summed E-state index contributed by atoms with van der Waals surface area (Å²) < 4.78 is 0. The van der Waals surface area contributed by atoms with E-state index in [4.69, 9.17) is 5.73 Å². The Bertz CT molecular complexity index is 42.5. The zero-order valence-electron chi connectivity index (χ0n) is 7.78. The van der Waals surface area contributed by atoms with Gasteiger partial charge in [0.15, 0.2) is 0 Å². The van der Waals surface area contributed by atoms with E-state index < -0.39 is 0 Å². The Labute approximate surface area is 65.2 Å². The van der Waals surface area contributed by atoms with E-state index in [9.17, 15) is 0 Å². The molecule has 0 amide bonds. The van der Waals surface area contributed by atoms with Crippen LogP contribution in [0.3, 0.4) is 0 Å². The Kier molecular flexibility index (Phi) is 14.7. The Morgan fingerprint density at radius 1 is 1.40 bits per heavy atom. The summed E-state index contributed by atoms with van der Waals surface area (Å²) in [5, 5.41) is 3.17. The van der Waals surface area contributed by atoms with Crippen LogP contribution in [0, 0.1) is 0 Å². The molecule has 0 spiro atoms. The van der Waals surface area contributed by atoms with Crippen LogP contribution in [0.25, 0.3) is 0 Å². The molecule has 0 bridgehead atoms. The summed E-state index contributed by atoms with van der Waals surface area (Å²) in [7, 11) is 1.98. The van der Waals surface area contributed by atoms with Gasteiger partial charge in [-0.05, 0) is 26.4 Å². The normalized spacial score (nSPS) is 11.7. The van der Waals surface area contributed by atoms with E-state index in [2.05, 4.69) is 12.2 Å². The quantitative estimate of drug-likeness (QED) is 0.628. The van der Waals surface area contributed by atoms with Crippen LogP contribution in [0.2, 0.25) is 0 Å². The molecule has 0 aliphatic carbocycles. The van der Waals surface area contributed by atoms with Gasteiger partial charge in [0, 0.05) is 6.04 Å². The molecule has 0 saturated heterocycles. The van der Waals surface area contributed by atoms with Crippen LogP contribution in [0.5, 0.6) is 0 Å². The van der Waals surface area contributed by atoms with Crippen molar-refractivity contribution in [2.45, 2.75) is 39.7 Å². The van der Waals surface area contributed by atoms with Gasteiger partial charge in [0.25, 0.3) is 0 Å². The molecule has 0 rings (SSSR count). The van der Waals surface area contributed by atoms with E-state index in [-0.39, 0.29) is 0 Å². The van der Waals surface area contributed by atoms with Gasteiger partial charge in [0.1, 0.15) is 0 Å². The number of hydrogen-bond donors (Lipinski definition) is 2. The molecule has 2 nitrogen and oxygen atoms in total. The number of hydrogen-bond acceptors (Lipinski definition) is 2. The van der Waals surface area contributed by atoms with Crippen molar-refractivity contribution in [1.29, 1.82) is 0 Å². The lowest BCUT2D eigenvalue weighted by atomic mass is 10.1. The fraction of sp³-hybridized carbons (Fsp3) is 1.00. The highest BCUT2D eigenvalue weighted by Crippen LogP contribution is 1.92. The van der Waals surface area contributed by atoms with Gasteiger partial charge in [-0.15, -0.1) is 0 Å². The lowest BCUT2D eigenvalue weighted by Gasteiger charge is -2.10. The Morgan fingerprint density at radius 2 is 1.90 bits per heavy atom. The Balaban J connectivity index is 0. The van der Waals surface area contributed by atoms with E-state index >= 15 is 0 Å². The maximum Gasteiger partial charge on any atom is 0.00734 e. The van der Waals surface area contributed by atoms with Gasteiger partial charge in [-0.1, -0.05) is 20.8 Å². The molecule has 3 N–H and O–H groups in total. The van der Waals surface area contributed by atoms with Gasteiger partial charge < -0.3 is 11.1 Å². The molecule has 0 aromatic carbocycles. The lowest BCUT2D eigenvalue weighted by Crippen LogP contribution is -2.26. The molecular formula is C8H22N2. The molecule has 1 unspecified atom stereocenters. The molecule has 10 heavy (non-hydrogen) atoms. The largest absolute Gasteiger partial charge is 0.330 e. The van der Waals surface area contributed by atoms with Gasteiger partial charge in [-0.25, -0.2) is 0 Å². The van der Waals surface area contributed by atoms with Crippen molar-refractivity contribution in [3.8, 4) is 0 Å². The van der Waals surface area contributed by atoms with Crippen LogP contribution >= 0.6 is 0 Å².